The van der Waals surface area contributed by atoms with E-state index in [2.05, 4.69) is 15.2 Å². The molecule has 0 spiro atoms. The average Bonchev–Trinajstić information content (AvgIpc) is 3.19. The number of nitrogens with one attached hydrogen (secondary N) is 1. The molecule has 1 aromatic heterocycles. The maximum atomic E-state index is 12.9. The molecule has 170 valence electrons. The number of nitrogens with zero attached hydrogens (tertiary/aromatic N) is 4. The van der Waals surface area contributed by atoms with Crippen LogP contribution in [-0.2, 0) is 4.79 Å². The van der Waals surface area contributed by atoms with Crippen LogP contribution in [0.15, 0.2) is 48.5 Å². The van der Waals surface area contributed by atoms with Crippen molar-refractivity contribution in [2.45, 2.75) is 18.9 Å². The number of carbonyl (C=O) groups is 2. The summed E-state index contributed by atoms with van der Waals surface area (Å²) in [7, 11) is 1.65. The maximum absolute atomic E-state index is 12.9. The first-order valence-corrected chi connectivity index (χ1v) is 11.5. The molecular formula is C24H25N5O3S. The minimum atomic E-state index is -0.483. The van der Waals surface area contributed by atoms with Crippen molar-refractivity contribution in [3.05, 3.63) is 53.3 Å². The van der Waals surface area contributed by atoms with Gasteiger partial charge in [-0.05, 0) is 55.0 Å². The molecule has 0 bridgehead atoms. The van der Waals surface area contributed by atoms with E-state index in [0.717, 1.165) is 35.4 Å². The molecule has 0 radical (unpaired) electrons. The second-order valence-corrected chi connectivity index (χ2v) is 8.60. The molecule has 1 atom stereocenters. The monoisotopic (exact) mass is 463 g/mol. The Balaban J connectivity index is 1.19. The Morgan fingerprint density at radius 3 is 2.58 bits per heavy atom. The predicted molar refractivity (Wildman–Crippen MR) is 130 cm³/mol. The lowest BCUT2D eigenvalue weighted by atomic mass is 10.1. The van der Waals surface area contributed by atoms with E-state index in [9.17, 15) is 9.59 Å². The van der Waals surface area contributed by atoms with Crippen LogP contribution in [0.5, 0.6) is 5.75 Å². The van der Waals surface area contributed by atoms with Crippen LogP contribution in [0.3, 0.4) is 0 Å². The largest absolute Gasteiger partial charge is 0.497 e. The van der Waals surface area contributed by atoms with Crippen molar-refractivity contribution in [3.8, 4) is 5.75 Å². The summed E-state index contributed by atoms with van der Waals surface area (Å²) in [5.74, 6) is 1.42. The minimum Gasteiger partial charge on any atom is -0.497 e. The molecule has 2 aliphatic rings. The number of para-hydroxylation sites is 1. The van der Waals surface area contributed by atoms with Gasteiger partial charge in [0, 0.05) is 43.7 Å². The van der Waals surface area contributed by atoms with Crippen molar-refractivity contribution < 1.29 is 14.3 Å². The second-order valence-electron chi connectivity index (χ2n) is 8.24. The summed E-state index contributed by atoms with van der Waals surface area (Å²) in [6, 6.07) is 15.1. The van der Waals surface area contributed by atoms with Gasteiger partial charge in [-0.2, -0.15) is 0 Å². The van der Waals surface area contributed by atoms with Gasteiger partial charge in [0.2, 0.25) is 10.7 Å². The third-order valence-electron chi connectivity index (χ3n) is 6.34. The fraction of sp³-hybridized carbons (Fsp3) is 0.333. The highest BCUT2D eigenvalue weighted by atomic mass is 32.1. The van der Waals surface area contributed by atoms with Crippen molar-refractivity contribution in [3.63, 3.8) is 0 Å². The maximum Gasteiger partial charge on any atom is 0.257 e. The predicted octanol–water partition coefficient (Wildman–Crippen LogP) is 3.34. The zero-order chi connectivity index (χ0) is 22.9. The highest BCUT2D eigenvalue weighted by molar-refractivity contribution is 7.71. The Labute approximate surface area is 196 Å². The molecule has 1 saturated heterocycles. The fourth-order valence-electron chi connectivity index (χ4n) is 4.50. The number of hydrogen-bond donors (Lipinski definition) is 1. The van der Waals surface area contributed by atoms with Crippen LogP contribution in [0.1, 0.15) is 17.6 Å². The zero-order valence-corrected chi connectivity index (χ0v) is 19.2. The second kappa shape index (κ2) is 8.82. The first kappa shape index (κ1) is 21.4. The Morgan fingerprint density at radius 1 is 1.12 bits per heavy atom. The Kier molecular flexibility index (Phi) is 5.72. The minimum absolute atomic E-state index is 0.0708. The van der Waals surface area contributed by atoms with E-state index in [-0.39, 0.29) is 16.6 Å². The van der Waals surface area contributed by atoms with E-state index in [1.807, 2.05) is 53.4 Å². The number of fused-ring (bicyclic) bond motifs is 3. The summed E-state index contributed by atoms with van der Waals surface area (Å²) in [6.45, 7) is 2.88. The van der Waals surface area contributed by atoms with Gasteiger partial charge in [0.1, 0.15) is 17.6 Å². The van der Waals surface area contributed by atoms with Crippen LogP contribution in [0.4, 0.5) is 11.5 Å². The summed E-state index contributed by atoms with van der Waals surface area (Å²) >= 11 is 5.34. The van der Waals surface area contributed by atoms with E-state index in [1.165, 1.54) is 4.57 Å². The first-order chi connectivity index (χ1) is 16.0. The third-order valence-corrected chi connectivity index (χ3v) is 6.61. The highest BCUT2D eigenvalue weighted by Gasteiger charge is 2.32. The van der Waals surface area contributed by atoms with Crippen molar-refractivity contribution >= 4 is 46.4 Å². The van der Waals surface area contributed by atoms with E-state index in [0.29, 0.717) is 31.7 Å². The van der Waals surface area contributed by atoms with Gasteiger partial charge in [0.15, 0.2) is 0 Å². The molecule has 5 rings (SSSR count). The number of piperazine rings is 1. The number of anilines is 2. The van der Waals surface area contributed by atoms with Gasteiger partial charge in [-0.1, -0.05) is 12.1 Å². The van der Waals surface area contributed by atoms with Gasteiger partial charge in [0.05, 0.1) is 12.6 Å². The molecule has 3 heterocycles. The Hall–Kier alpha value is -3.46. The summed E-state index contributed by atoms with van der Waals surface area (Å²) in [6.07, 6.45) is 0.722. The lowest BCUT2D eigenvalue weighted by molar-refractivity contribution is -0.131. The Morgan fingerprint density at radius 2 is 1.85 bits per heavy atom. The van der Waals surface area contributed by atoms with Crippen LogP contribution in [0.25, 0.3) is 10.9 Å². The zero-order valence-electron chi connectivity index (χ0n) is 18.4. The quantitative estimate of drug-likeness (QED) is 0.582. The number of carbonyl (C=O) groups excluding carboxylic acids is 2. The van der Waals surface area contributed by atoms with E-state index in [4.69, 9.17) is 17.0 Å². The van der Waals surface area contributed by atoms with Gasteiger partial charge >= 0.3 is 0 Å². The van der Waals surface area contributed by atoms with Crippen LogP contribution in [0, 0.1) is 4.77 Å². The topological polar surface area (TPSA) is 79.7 Å². The molecule has 3 aromatic rings. The van der Waals surface area contributed by atoms with Crippen molar-refractivity contribution in [2.75, 3.05) is 43.5 Å². The number of hydrogen-bond acceptors (Lipinski definition) is 7. The van der Waals surface area contributed by atoms with E-state index >= 15 is 0 Å². The number of benzene rings is 2. The van der Waals surface area contributed by atoms with Gasteiger partial charge in [-0.3, -0.25) is 9.59 Å². The van der Waals surface area contributed by atoms with Gasteiger partial charge in [-0.15, -0.1) is 0 Å². The van der Waals surface area contributed by atoms with Crippen LogP contribution < -0.4 is 15.0 Å². The van der Waals surface area contributed by atoms with E-state index < -0.39 is 6.04 Å². The van der Waals surface area contributed by atoms with Gasteiger partial charge in [0.25, 0.3) is 5.91 Å². The molecular weight excluding hydrogens is 438 g/mol. The smallest absolute Gasteiger partial charge is 0.257 e. The summed E-state index contributed by atoms with van der Waals surface area (Å²) < 4.78 is 6.92. The van der Waals surface area contributed by atoms with Crippen molar-refractivity contribution in [1.82, 2.24) is 14.5 Å². The number of methoxy groups -OCH3 is 1. The fourth-order valence-corrected chi connectivity index (χ4v) is 4.78. The SMILES string of the molecule is COc1ccc(N2CCN(C(=O)CCC3Nc4c5ccccc5nc(=S)n4C3=O)CC2)cc1. The molecule has 33 heavy (non-hydrogen) atoms. The normalized spacial score (nSPS) is 17.7. The van der Waals surface area contributed by atoms with E-state index in [1.54, 1.807) is 7.11 Å². The van der Waals surface area contributed by atoms with Crippen LogP contribution in [-0.4, -0.2) is 65.6 Å². The highest BCUT2D eigenvalue weighted by Crippen LogP contribution is 2.29. The molecule has 1 unspecified atom stereocenters. The molecule has 1 amide bonds. The Bertz CT molecular complexity index is 1270. The molecule has 2 aliphatic heterocycles. The number of aromatic nitrogens is 2. The molecule has 0 aliphatic carbocycles. The van der Waals surface area contributed by atoms with Gasteiger partial charge in [-0.25, -0.2) is 9.55 Å². The first-order valence-electron chi connectivity index (χ1n) is 11.0. The lowest BCUT2D eigenvalue weighted by Gasteiger charge is -2.36. The molecule has 9 heteroatoms. The molecule has 2 aromatic carbocycles. The average molecular weight is 464 g/mol. The van der Waals surface area contributed by atoms with Gasteiger partial charge < -0.3 is 19.9 Å². The number of ether oxygens (including phenoxy) is 1. The molecule has 1 fully saturated rings. The van der Waals surface area contributed by atoms with Crippen molar-refractivity contribution in [1.29, 1.82) is 0 Å². The number of amides is 1. The third kappa shape index (κ3) is 4.04. The lowest BCUT2D eigenvalue weighted by Crippen LogP contribution is -2.49. The molecule has 1 N–H and O–H groups in total. The summed E-state index contributed by atoms with van der Waals surface area (Å²) in [5.41, 5.74) is 1.87. The van der Waals surface area contributed by atoms with Crippen LogP contribution >= 0.6 is 12.2 Å². The summed E-state index contributed by atoms with van der Waals surface area (Å²) in [5, 5.41) is 4.13. The standard InChI is InChI=1S/C24H25N5O3S/c1-32-17-8-6-16(7-9-17)27-12-14-28(15-13-27)21(30)11-10-20-23(31)29-22(25-20)18-4-2-3-5-19(18)26-24(29)33/h2-9,20,25H,10-15H2,1H3. The summed E-state index contributed by atoms with van der Waals surface area (Å²) in [4.78, 5) is 34.3. The molecule has 8 nitrogen and oxygen atoms in total. The van der Waals surface area contributed by atoms with Crippen molar-refractivity contribution in [2.24, 2.45) is 0 Å². The molecule has 0 saturated carbocycles. The number of rotatable bonds is 5. The van der Waals surface area contributed by atoms with Crippen LogP contribution in [0.2, 0.25) is 0 Å².